The molecule has 5 unspecified atom stereocenters. The van der Waals surface area contributed by atoms with Crippen LogP contribution in [0.15, 0.2) is 24.3 Å². The Morgan fingerprint density at radius 1 is 0.935 bits per heavy atom. The standard InChI is InChI=1S/C19H28N4O8/c1-9(20)16(27)23-15(10(2)25)18(29)22-14(8-24)17(28)21-13(19(30)31)7-11-3-5-12(26)6-4-11/h3-6,9-10,13-15,24-26H,7-8,20H2,1-2H3,(H,21,28)(H,22,29)(H,23,27)(H,30,31). The molecule has 172 valence electrons. The van der Waals surface area contributed by atoms with E-state index in [0.717, 1.165) is 0 Å². The quantitative estimate of drug-likeness (QED) is 0.178. The van der Waals surface area contributed by atoms with Crippen LogP contribution in [0, 0.1) is 0 Å². The number of nitrogens with one attached hydrogen (secondary N) is 3. The molecule has 0 aromatic heterocycles. The van der Waals surface area contributed by atoms with Gasteiger partial charge in [-0.25, -0.2) is 4.79 Å². The van der Waals surface area contributed by atoms with Crippen LogP contribution in [0.3, 0.4) is 0 Å². The third-order valence-corrected chi connectivity index (χ3v) is 4.28. The summed E-state index contributed by atoms with van der Waals surface area (Å²) in [5.41, 5.74) is 5.93. The normalized spacial score (nSPS) is 15.6. The van der Waals surface area contributed by atoms with Crippen LogP contribution in [0.25, 0.3) is 0 Å². The highest BCUT2D eigenvalue weighted by molar-refractivity contribution is 5.94. The summed E-state index contributed by atoms with van der Waals surface area (Å²) in [4.78, 5) is 48.1. The molecule has 12 heteroatoms. The number of carboxylic acids is 1. The van der Waals surface area contributed by atoms with E-state index in [4.69, 9.17) is 5.73 Å². The van der Waals surface area contributed by atoms with Crippen LogP contribution >= 0.6 is 0 Å². The number of rotatable bonds is 11. The Morgan fingerprint density at radius 3 is 1.94 bits per heavy atom. The maximum Gasteiger partial charge on any atom is 0.326 e. The number of carbonyl (C=O) groups excluding carboxylic acids is 3. The van der Waals surface area contributed by atoms with Gasteiger partial charge in [-0.1, -0.05) is 12.1 Å². The lowest BCUT2D eigenvalue weighted by Gasteiger charge is -2.25. The number of aliphatic hydroxyl groups is 2. The lowest BCUT2D eigenvalue weighted by Crippen LogP contribution is -2.60. The molecule has 31 heavy (non-hydrogen) atoms. The first-order valence-corrected chi connectivity index (χ1v) is 9.42. The van der Waals surface area contributed by atoms with Gasteiger partial charge in [0, 0.05) is 6.42 Å². The molecule has 3 amide bonds. The van der Waals surface area contributed by atoms with Crippen LogP contribution in [0.1, 0.15) is 19.4 Å². The Hall–Kier alpha value is -3.22. The van der Waals surface area contributed by atoms with Gasteiger partial charge >= 0.3 is 5.97 Å². The lowest BCUT2D eigenvalue weighted by molar-refractivity contribution is -0.142. The molecule has 0 saturated carbocycles. The van der Waals surface area contributed by atoms with E-state index in [2.05, 4.69) is 16.0 Å². The molecule has 1 aromatic carbocycles. The smallest absolute Gasteiger partial charge is 0.326 e. The predicted octanol–water partition coefficient (Wildman–Crippen LogP) is -2.81. The van der Waals surface area contributed by atoms with E-state index >= 15 is 0 Å². The topological polar surface area (TPSA) is 211 Å². The number of aromatic hydroxyl groups is 1. The van der Waals surface area contributed by atoms with Gasteiger partial charge in [-0.15, -0.1) is 0 Å². The highest BCUT2D eigenvalue weighted by Crippen LogP contribution is 2.11. The monoisotopic (exact) mass is 440 g/mol. The first-order chi connectivity index (χ1) is 14.5. The fraction of sp³-hybridized carbons (Fsp3) is 0.474. The zero-order valence-electron chi connectivity index (χ0n) is 17.1. The van der Waals surface area contributed by atoms with E-state index in [1.807, 2.05) is 0 Å². The summed E-state index contributed by atoms with van der Waals surface area (Å²) in [5.74, 6) is -4.03. The van der Waals surface area contributed by atoms with Crippen LogP contribution in [0.5, 0.6) is 5.75 Å². The largest absolute Gasteiger partial charge is 0.508 e. The van der Waals surface area contributed by atoms with Gasteiger partial charge in [-0.3, -0.25) is 14.4 Å². The third-order valence-electron chi connectivity index (χ3n) is 4.28. The van der Waals surface area contributed by atoms with Gasteiger partial charge in [-0.2, -0.15) is 0 Å². The van der Waals surface area contributed by atoms with Crippen molar-refractivity contribution in [3.05, 3.63) is 29.8 Å². The van der Waals surface area contributed by atoms with Crippen molar-refractivity contribution in [2.24, 2.45) is 5.73 Å². The first-order valence-electron chi connectivity index (χ1n) is 9.42. The van der Waals surface area contributed by atoms with Crippen molar-refractivity contribution in [3.8, 4) is 5.75 Å². The molecule has 1 aromatic rings. The summed E-state index contributed by atoms with van der Waals surface area (Å²) in [7, 11) is 0. The molecule has 0 spiro atoms. The van der Waals surface area contributed by atoms with Crippen molar-refractivity contribution in [3.63, 3.8) is 0 Å². The van der Waals surface area contributed by atoms with Crippen molar-refractivity contribution < 1.29 is 39.6 Å². The van der Waals surface area contributed by atoms with Gasteiger partial charge in [0.15, 0.2) is 0 Å². The zero-order valence-corrected chi connectivity index (χ0v) is 17.1. The Labute approximate surface area is 178 Å². The van der Waals surface area contributed by atoms with Crippen molar-refractivity contribution in [2.45, 2.75) is 50.5 Å². The average Bonchev–Trinajstić information content (AvgIpc) is 2.70. The van der Waals surface area contributed by atoms with Crippen molar-refractivity contribution >= 4 is 23.7 Å². The molecule has 0 saturated heterocycles. The van der Waals surface area contributed by atoms with Crippen molar-refractivity contribution in [1.82, 2.24) is 16.0 Å². The molecule has 0 aliphatic rings. The van der Waals surface area contributed by atoms with Crippen LogP contribution < -0.4 is 21.7 Å². The zero-order chi connectivity index (χ0) is 23.7. The number of benzene rings is 1. The second-order valence-corrected chi connectivity index (χ2v) is 7.03. The Balaban J connectivity index is 2.84. The molecule has 0 aliphatic carbocycles. The Kier molecular flexibility index (Phi) is 9.86. The number of aliphatic hydroxyl groups excluding tert-OH is 2. The molecule has 0 fully saturated rings. The van der Waals surface area contributed by atoms with E-state index in [1.54, 1.807) is 0 Å². The van der Waals surface area contributed by atoms with E-state index in [-0.39, 0.29) is 12.2 Å². The third kappa shape index (κ3) is 8.20. The SMILES string of the molecule is CC(N)C(=O)NC(C(=O)NC(CO)C(=O)NC(Cc1ccc(O)cc1)C(=O)O)C(C)O. The van der Waals surface area contributed by atoms with E-state index in [1.165, 1.54) is 38.1 Å². The molecule has 0 radical (unpaired) electrons. The minimum atomic E-state index is -1.54. The maximum absolute atomic E-state index is 12.4. The summed E-state index contributed by atoms with van der Waals surface area (Å²) >= 11 is 0. The van der Waals surface area contributed by atoms with Gasteiger partial charge in [0.25, 0.3) is 0 Å². The van der Waals surface area contributed by atoms with Crippen LogP contribution in [-0.2, 0) is 25.6 Å². The fourth-order valence-corrected chi connectivity index (χ4v) is 2.49. The second-order valence-electron chi connectivity index (χ2n) is 7.03. The van der Waals surface area contributed by atoms with Gasteiger partial charge in [0.1, 0.15) is 23.9 Å². The highest BCUT2D eigenvalue weighted by Gasteiger charge is 2.31. The van der Waals surface area contributed by atoms with Gasteiger partial charge in [0.2, 0.25) is 17.7 Å². The molecular weight excluding hydrogens is 412 g/mol. The number of phenols is 1. The molecule has 5 atom stereocenters. The van der Waals surface area contributed by atoms with E-state index < -0.39 is 60.6 Å². The number of hydrogen-bond donors (Lipinski definition) is 8. The summed E-state index contributed by atoms with van der Waals surface area (Å²) < 4.78 is 0. The minimum Gasteiger partial charge on any atom is -0.508 e. The second kappa shape index (κ2) is 11.8. The Bertz CT molecular complexity index is 782. The number of nitrogens with two attached hydrogens (primary N) is 1. The predicted molar refractivity (Wildman–Crippen MR) is 108 cm³/mol. The van der Waals surface area contributed by atoms with Crippen molar-refractivity contribution in [2.75, 3.05) is 6.61 Å². The number of aliphatic carboxylic acids is 1. The number of amides is 3. The minimum absolute atomic E-state index is 0.00787. The summed E-state index contributed by atoms with van der Waals surface area (Å²) in [5, 5.41) is 44.5. The molecule has 12 nitrogen and oxygen atoms in total. The van der Waals surface area contributed by atoms with Gasteiger partial charge < -0.3 is 42.1 Å². The Morgan fingerprint density at radius 2 is 1.48 bits per heavy atom. The summed E-state index contributed by atoms with van der Waals surface area (Å²) in [6.45, 7) is 1.74. The molecule has 1 rings (SSSR count). The lowest BCUT2D eigenvalue weighted by atomic mass is 10.1. The van der Waals surface area contributed by atoms with Crippen molar-refractivity contribution in [1.29, 1.82) is 0 Å². The molecular formula is C19H28N4O8. The fourth-order valence-electron chi connectivity index (χ4n) is 2.49. The van der Waals surface area contributed by atoms with Crippen LogP contribution in [0.2, 0.25) is 0 Å². The number of carbonyl (C=O) groups is 4. The molecule has 0 bridgehead atoms. The average molecular weight is 440 g/mol. The number of carboxylic acid groups (broad SMARTS) is 1. The van der Waals surface area contributed by atoms with E-state index in [9.17, 15) is 39.6 Å². The number of hydrogen-bond acceptors (Lipinski definition) is 8. The van der Waals surface area contributed by atoms with Gasteiger partial charge in [0.05, 0.1) is 18.8 Å². The first kappa shape index (κ1) is 25.8. The molecule has 0 heterocycles. The van der Waals surface area contributed by atoms with E-state index in [0.29, 0.717) is 5.56 Å². The molecule has 9 N–H and O–H groups in total. The van der Waals surface area contributed by atoms with Gasteiger partial charge in [-0.05, 0) is 31.5 Å². The molecule has 0 aliphatic heterocycles. The van der Waals surface area contributed by atoms with Crippen LogP contribution in [-0.4, -0.2) is 81.0 Å². The maximum atomic E-state index is 12.4. The highest BCUT2D eigenvalue weighted by atomic mass is 16.4. The summed E-state index contributed by atoms with van der Waals surface area (Å²) in [6, 6.07) is 0.360. The summed E-state index contributed by atoms with van der Waals surface area (Å²) in [6.07, 6.45) is -1.46. The number of phenolic OH excluding ortho intramolecular Hbond substituents is 1. The van der Waals surface area contributed by atoms with Crippen LogP contribution in [0.4, 0.5) is 0 Å².